The first-order valence-electron chi connectivity index (χ1n) is 4.70. The molecule has 0 saturated heterocycles. The van der Waals surface area contributed by atoms with Crippen molar-refractivity contribution in [3.8, 4) is 0 Å². The van der Waals surface area contributed by atoms with Gasteiger partial charge in [0, 0.05) is 12.5 Å². The van der Waals surface area contributed by atoms with Gasteiger partial charge in [0.15, 0.2) is 0 Å². The van der Waals surface area contributed by atoms with Crippen LogP contribution >= 0.6 is 0 Å². The Labute approximate surface area is 85.1 Å². The maximum Gasteiger partial charge on any atom is 0.234 e. The van der Waals surface area contributed by atoms with E-state index in [1.54, 1.807) is 6.92 Å². The van der Waals surface area contributed by atoms with Crippen LogP contribution in [0.25, 0.3) is 0 Å². The van der Waals surface area contributed by atoms with Crippen LogP contribution in [0.2, 0.25) is 0 Å². The fourth-order valence-electron chi connectivity index (χ4n) is 0.917. The predicted molar refractivity (Wildman–Crippen MR) is 55.1 cm³/mol. The molecule has 0 bridgehead atoms. The number of nitrogens with two attached hydrogens (primary N) is 1. The number of amides is 1. The molecule has 6 heteroatoms. The monoisotopic (exact) mass is 222 g/mol. The standard InChI is InChI=1S/C8H18N2O3S/c1-3-5-14(12,13)10-8(11)6-7(9)4-2/h7H,3-6,9H2,1-2H3,(H,10,11). The Morgan fingerprint density at radius 2 is 2.00 bits per heavy atom. The molecule has 0 rings (SSSR count). The van der Waals surface area contributed by atoms with E-state index in [-0.39, 0.29) is 18.2 Å². The molecule has 84 valence electrons. The Bertz CT molecular complexity index is 274. The minimum atomic E-state index is -3.44. The lowest BCUT2D eigenvalue weighted by molar-refractivity contribution is -0.119. The Hall–Kier alpha value is -0.620. The highest BCUT2D eigenvalue weighted by Crippen LogP contribution is 1.95. The van der Waals surface area contributed by atoms with Crippen LogP contribution in [0, 0.1) is 0 Å². The molecular weight excluding hydrogens is 204 g/mol. The second-order valence-corrected chi connectivity index (χ2v) is 5.06. The quantitative estimate of drug-likeness (QED) is 0.660. The van der Waals surface area contributed by atoms with Crippen molar-refractivity contribution < 1.29 is 13.2 Å². The second kappa shape index (κ2) is 5.98. The molecule has 0 aromatic carbocycles. The van der Waals surface area contributed by atoms with E-state index in [0.29, 0.717) is 12.8 Å². The highest BCUT2D eigenvalue weighted by molar-refractivity contribution is 7.90. The number of nitrogens with one attached hydrogen (secondary N) is 1. The first-order valence-corrected chi connectivity index (χ1v) is 6.35. The van der Waals surface area contributed by atoms with Crippen LogP contribution in [-0.2, 0) is 14.8 Å². The van der Waals surface area contributed by atoms with Crippen LogP contribution < -0.4 is 10.5 Å². The van der Waals surface area contributed by atoms with Gasteiger partial charge in [-0.15, -0.1) is 0 Å². The molecule has 5 nitrogen and oxygen atoms in total. The molecule has 0 saturated carbocycles. The molecule has 0 aliphatic rings. The fraction of sp³-hybridized carbons (Fsp3) is 0.875. The number of hydrogen-bond acceptors (Lipinski definition) is 4. The number of sulfonamides is 1. The molecule has 14 heavy (non-hydrogen) atoms. The Morgan fingerprint density at radius 3 is 2.43 bits per heavy atom. The normalized spacial score (nSPS) is 13.6. The predicted octanol–water partition coefficient (Wildman–Crippen LogP) is -0.0302. The lowest BCUT2D eigenvalue weighted by Gasteiger charge is -2.09. The molecule has 0 aromatic heterocycles. The van der Waals surface area contributed by atoms with E-state index in [9.17, 15) is 13.2 Å². The summed E-state index contributed by atoms with van der Waals surface area (Å²) in [6, 6.07) is -0.271. The topological polar surface area (TPSA) is 89.3 Å². The van der Waals surface area contributed by atoms with Crippen molar-refractivity contribution in [3.05, 3.63) is 0 Å². The minimum Gasteiger partial charge on any atom is -0.327 e. The molecular formula is C8H18N2O3S. The fourth-order valence-corrected chi connectivity index (χ4v) is 1.99. The molecule has 0 radical (unpaired) electrons. The van der Waals surface area contributed by atoms with E-state index in [1.807, 2.05) is 11.6 Å². The number of hydrogen-bond donors (Lipinski definition) is 2. The van der Waals surface area contributed by atoms with Crippen LogP contribution in [0.1, 0.15) is 33.1 Å². The molecule has 3 N–H and O–H groups in total. The van der Waals surface area contributed by atoms with Crippen LogP contribution in [0.15, 0.2) is 0 Å². The van der Waals surface area contributed by atoms with E-state index < -0.39 is 15.9 Å². The van der Waals surface area contributed by atoms with Crippen LogP contribution in [0.4, 0.5) is 0 Å². The van der Waals surface area contributed by atoms with Gasteiger partial charge in [-0.3, -0.25) is 9.52 Å². The van der Waals surface area contributed by atoms with Crippen molar-refractivity contribution in [1.82, 2.24) is 4.72 Å². The highest BCUT2D eigenvalue weighted by Gasteiger charge is 2.14. The zero-order chi connectivity index (χ0) is 11.2. The van der Waals surface area contributed by atoms with E-state index in [0.717, 1.165) is 0 Å². The van der Waals surface area contributed by atoms with Crippen molar-refractivity contribution >= 4 is 15.9 Å². The SMILES string of the molecule is CCCS(=O)(=O)NC(=O)CC(N)CC. The summed E-state index contributed by atoms with van der Waals surface area (Å²) in [5.41, 5.74) is 5.51. The van der Waals surface area contributed by atoms with Crippen molar-refractivity contribution in [2.24, 2.45) is 5.73 Å². The summed E-state index contributed by atoms with van der Waals surface area (Å²) in [5, 5.41) is 0. The van der Waals surface area contributed by atoms with Crippen molar-refractivity contribution in [2.45, 2.75) is 39.2 Å². The van der Waals surface area contributed by atoms with E-state index in [2.05, 4.69) is 0 Å². The Balaban J connectivity index is 4.06. The maximum atomic E-state index is 11.1. The lowest BCUT2D eigenvalue weighted by atomic mass is 10.2. The molecule has 1 atom stereocenters. The smallest absolute Gasteiger partial charge is 0.234 e. The second-order valence-electron chi connectivity index (χ2n) is 3.22. The van der Waals surface area contributed by atoms with Gasteiger partial charge in [-0.2, -0.15) is 0 Å². The van der Waals surface area contributed by atoms with Gasteiger partial charge in [0.2, 0.25) is 15.9 Å². The Kier molecular flexibility index (Phi) is 5.71. The van der Waals surface area contributed by atoms with Gasteiger partial charge < -0.3 is 5.73 Å². The van der Waals surface area contributed by atoms with Crippen molar-refractivity contribution in [1.29, 1.82) is 0 Å². The van der Waals surface area contributed by atoms with Gasteiger partial charge in [0.25, 0.3) is 0 Å². The summed E-state index contributed by atoms with van der Waals surface area (Å²) in [5.74, 6) is -0.548. The van der Waals surface area contributed by atoms with Gasteiger partial charge in [-0.1, -0.05) is 13.8 Å². The zero-order valence-electron chi connectivity index (χ0n) is 8.62. The summed E-state index contributed by atoms with van der Waals surface area (Å²) in [6.07, 6.45) is 1.20. The van der Waals surface area contributed by atoms with Crippen LogP contribution in [0.5, 0.6) is 0 Å². The molecule has 0 heterocycles. The molecule has 0 aromatic rings. The van der Waals surface area contributed by atoms with Gasteiger partial charge in [0.1, 0.15) is 0 Å². The third kappa shape index (κ3) is 5.93. The molecule has 0 fully saturated rings. The van der Waals surface area contributed by atoms with Gasteiger partial charge in [-0.25, -0.2) is 8.42 Å². The average Bonchev–Trinajstić information content (AvgIpc) is 2.02. The lowest BCUT2D eigenvalue weighted by Crippen LogP contribution is -2.36. The van der Waals surface area contributed by atoms with Crippen LogP contribution in [0.3, 0.4) is 0 Å². The third-order valence-electron chi connectivity index (χ3n) is 1.71. The number of rotatable bonds is 6. The third-order valence-corrected chi connectivity index (χ3v) is 3.20. The van der Waals surface area contributed by atoms with E-state index >= 15 is 0 Å². The minimum absolute atomic E-state index is 0.0277. The van der Waals surface area contributed by atoms with Gasteiger partial charge in [-0.05, 0) is 12.8 Å². The maximum absolute atomic E-state index is 11.1. The summed E-state index contributed by atoms with van der Waals surface area (Å²) in [4.78, 5) is 11.1. The summed E-state index contributed by atoms with van der Waals surface area (Å²) >= 11 is 0. The van der Waals surface area contributed by atoms with E-state index in [1.165, 1.54) is 0 Å². The summed E-state index contributed by atoms with van der Waals surface area (Å²) in [6.45, 7) is 3.58. The molecule has 1 unspecified atom stereocenters. The summed E-state index contributed by atoms with van der Waals surface area (Å²) in [7, 11) is -3.44. The van der Waals surface area contributed by atoms with Crippen LogP contribution in [-0.4, -0.2) is 26.1 Å². The molecule has 0 aliphatic carbocycles. The first kappa shape index (κ1) is 13.4. The van der Waals surface area contributed by atoms with Crippen molar-refractivity contribution in [2.75, 3.05) is 5.75 Å². The molecule has 1 amide bonds. The van der Waals surface area contributed by atoms with Crippen molar-refractivity contribution in [3.63, 3.8) is 0 Å². The van der Waals surface area contributed by atoms with Gasteiger partial charge in [0.05, 0.1) is 5.75 Å². The average molecular weight is 222 g/mol. The first-order chi connectivity index (χ1) is 6.41. The Morgan fingerprint density at radius 1 is 1.43 bits per heavy atom. The molecule has 0 spiro atoms. The summed E-state index contributed by atoms with van der Waals surface area (Å²) < 4.78 is 24.3. The zero-order valence-corrected chi connectivity index (χ0v) is 9.43. The number of carbonyl (C=O) groups is 1. The highest BCUT2D eigenvalue weighted by atomic mass is 32.2. The number of carbonyl (C=O) groups excluding carboxylic acids is 1. The molecule has 0 aliphatic heterocycles. The van der Waals surface area contributed by atoms with Gasteiger partial charge >= 0.3 is 0 Å². The van der Waals surface area contributed by atoms with E-state index in [4.69, 9.17) is 5.73 Å². The largest absolute Gasteiger partial charge is 0.327 e.